The first-order valence-corrected chi connectivity index (χ1v) is 9.26. The highest BCUT2D eigenvalue weighted by Gasteiger charge is 2.36. The fraction of sp³-hybridized carbons (Fsp3) is 0.273. The number of carbonyl (C=O) groups is 4. The van der Waals surface area contributed by atoms with E-state index in [1.54, 1.807) is 0 Å². The van der Waals surface area contributed by atoms with E-state index in [0.717, 1.165) is 5.56 Å². The minimum absolute atomic E-state index is 0.0612. The van der Waals surface area contributed by atoms with Crippen LogP contribution in [-0.2, 0) is 11.2 Å². The SMILES string of the molecule is CC(C)(CNC(=O)c1ccc2c(c1)C(=O)N(CCc1ccccc1)C2=O)C(=O)O. The number of aliphatic carboxylic acids is 1. The number of hydrogen-bond acceptors (Lipinski definition) is 4. The number of hydrogen-bond donors (Lipinski definition) is 2. The Morgan fingerprint density at radius 1 is 1.00 bits per heavy atom. The van der Waals surface area contributed by atoms with Gasteiger partial charge in [0.2, 0.25) is 0 Å². The highest BCUT2D eigenvalue weighted by atomic mass is 16.4. The van der Waals surface area contributed by atoms with Crippen LogP contribution in [0.25, 0.3) is 0 Å². The minimum atomic E-state index is -1.12. The molecule has 7 heteroatoms. The first-order valence-electron chi connectivity index (χ1n) is 9.26. The summed E-state index contributed by atoms with van der Waals surface area (Å²) in [6.45, 7) is 3.20. The van der Waals surface area contributed by atoms with Gasteiger partial charge in [0.15, 0.2) is 0 Å². The van der Waals surface area contributed by atoms with Gasteiger partial charge in [-0.25, -0.2) is 0 Å². The molecule has 29 heavy (non-hydrogen) atoms. The van der Waals surface area contributed by atoms with Gasteiger partial charge < -0.3 is 10.4 Å². The zero-order valence-corrected chi connectivity index (χ0v) is 16.3. The lowest BCUT2D eigenvalue weighted by atomic mass is 9.94. The van der Waals surface area contributed by atoms with E-state index in [2.05, 4.69) is 5.32 Å². The van der Waals surface area contributed by atoms with E-state index in [0.29, 0.717) is 6.42 Å². The third-order valence-corrected chi connectivity index (χ3v) is 4.97. The summed E-state index contributed by atoms with van der Waals surface area (Å²) in [7, 11) is 0. The molecule has 0 unspecified atom stereocenters. The third-order valence-electron chi connectivity index (χ3n) is 4.97. The van der Waals surface area contributed by atoms with Crippen LogP contribution in [0.4, 0.5) is 0 Å². The third kappa shape index (κ3) is 4.18. The van der Waals surface area contributed by atoms with Crippen LogP contribution in [-0.4, -0.2) is 46.8 Å². The molecule has 0 atom stereocenters. The van der Waals surface area contributed by atoms with Crippen LogP contribution in [0.5, 0.6) is 0 Å². The van der Waals surface area contributed by atoms with E-state index in [1.807, 2.05) is 30.3 Å². The van der Waals surface area contributed by atoms with E-state index >= 15 is 0 Å². The molecule has 3 rings (SSSR count). The second-order valence-corrected chi connectivity index (χ2v) is 7.63. The van der Waals surface area contributed by atoms with E-state index in [-0.39, 0.29) is 35.7 Å². The Balaban J connectivity index is 1.71. The Labute approximate surface area is 168 Å². The first kappa shape index (κ1) is 20.3. The Hall–Kier alpha value is -3.48. The number of fused-ring (bicyclic) bond motifs is 1. The van der Waals surface area contributed by atoms with Crippen molar-refractivity contribution in [3.05, 3.63) is 70.8 Å². The molecule has 0 aliphatic carbocycles. The monoisotopic (exact) mass is 394 g/mol. The van der Waals surface area contributed by atoms with Crippen molar-refractivity contribution < 1.29 is 24.3 Å². The Kier molecular flexibility index (Phi) is 5.50. The maximum atomic E-state index is 12.7. The van der Waals surface area contributed by atoms with Crippen LogP contribution < -0.4 is 5.32 Å². The second kappa shape index (κ2) is 7.87. The van der Waals surface area contributed by atoms with Gasteiger partial charge in [-0.05, 0) is 44.0 Å². The lowest BCUT2D eigenvalue weighted by Gasteiger charge is -2.19. The molecule has 3 amide bonds. The highest BCUT2D eigenvalue weighted by Crippen LogP contribution is 2.24. The molecule has 1 aliphatic heterocycles. The van der Waals surface area contributed by atoms with Gasteiger partial charge in [0.25, 0.3) is 17.7 Å². The van der Waals surface area contributed by atoms with Crippen molar-refractivity contribution in [1.82, 2.24) is 10.2 Å². The minimum Gasteiger partial charge on any atom is -0.481 e. The van der Waals surface area contributed by atoms with Gasteiger partial charge in [-0.2, -0.15) is 0 Å². The van der Waals surface area contributed by atoms with E-state index < -0.39 is 23.2 Å². The number of carbonyl (C=O) groups excluding carboxylic acids is 3. The van der Waals surface area contributed by atoms with Crippen molar-refractivity contribution in [3.63, 3.8) is 0 Å². The Morgan fingerprint density at radius 2 is 1.66 bits per heavy atom. The van der Waals surface area contributed by atoms with Crippen molar-refractivity contribution in [2.75, 3.05) is 13.1 Å². The number of amides is 3. The van der Waals surface area contributed by atoms with Crippen molar-refractivity contribution in [3.8, 4) is 0 Å². The number of carboxylic acids is 1. The standard InChI is InChI=1S/C22H22N2O5/c1-22(2,21(28)29)13-23-18(25)15-8-9-16-17(12-15)20(27)24(19(16)26)11-10-14-6-4-3-5-7-14/h3-9,12H,10-11,13H2,1-2H3,(H,23,25)(H,28,29). The molecular formula is C22H22N2O5. The Morgan fingerprint density at radius 3 is 2.31 bits per heavy atom. The molecule has 0 spiro atoms. The quantitative estimate of drug-likeness (QED) is 0.702. The molecule has 2 aromatic carbocycles. The van der Waals surface area contributed by atoms with Crippen LogP contribution in [0.15, 0.2) is 48.5 Å². The summed E-state index contributed by atoms with van der Waals surface area (Å²) < 4.78 is 0. The molecule has 0 saturated heterocycles. The molecule has 2 aromatic rings. The number of benzene rings is 2. The second-order valence-electron chi connectivity index (χ2n) is 7.63. The average Bonchev–Trinajstić information content (AvgIpc) is 2.95. The largest absolute Gasteiger partial charge is 0.481 e. The number of carboxylic acid groups (broad SMARTS) is 1. The lowest BCUT2D eigenvalue weighted by Crippen LogP contribution is -2.38. The van der Waals surface area contributed by atoms with Crippen molar-refractivity contribution >= 4 is 23.7 Å². The first-order chi connectivity index (χ1) is 13.7. The molecule has 7 nitrogen and oxygen atoms in total. The number of imide groups is 1. The number of nitrogens with one attached hydrogen (secondary N) is 1. The molecule has 1 aliphatic rings. The van der Waals surface area contributed by atoms with Crippen LogP contribution >= 0.6 is 0 Å². The van der Waals surface area contributed by atoms with E-state index in [1.165, 1.54) is 36.9 Å². The fourth-order valence-corrected chi connectivity index (χ4v) is 3.00. The number of nitrogens with zero attached hydrogens (tertiary/aromatic N) is 1. The molecule has 1 heterocycles. The molecule has 0 fully saturated rings. The van der Waals surface area contributed by atoms with Gasteiger partial charge in [0, 0.05) is 18.7 Å². The number of rotatable bonds is 7. The van der Waals surface area contributed by atoms with E-state index in [9.17, 15) is 19.2 Å². The van der Waals surface area contributed by atoms with Gasteiger partial charge in [-0.3, -0.25) is 24.1 Å². The summed E-state index contributed by atoms with van der Waals surface area (Å²) in [4.78, 5) is 50.0. The summed E-state index contributed by atoms with van der Waals surface area (Å²) >= 11 is 0. The van der Waals surface area contributed by atoms with Crippen LogP contribution in [0.1, 0.15) is 50.5 Å². The van der Waals surface area contributed by atoms with Gasteiger partial charge in [0.05, 0.1) is 16.5 Å². The summed E-state index contributed by atoms with van der Waals surface area (Å²) in [6.07, 6.45) is 0.546. The van der Waals surface area contributed by atoms with Crippen molar-refractivity contribution in [2.45, 2.75) is 20.3 Å². The van der Waals surface area contributed by atoms with Crippen LogP contribution in [0.2, 0.25) is 0 Å². The van der Waals surface area contributed by atoms with Gasteiger partial charge in [0.1, 0.15) is 0 Å². The molecule has 0 saturated carbocycles. The predicted molar refractivity (Wildman–Crippen MR) is 106 cm³/mol. The predicted octanol–water partition coefficient (Wildman–Crippen LogP) is 2.37. The molecule has 150 valence electrons. The summed E-state index contributed by atoms with van der Waals surface area (Å²) in [5, 5.41) is 11.7. The summed E-state index contributed by atoms with van der Waals surface area (Å²) in [6, 6.07) is 13.9. The fourth-order valence-electron chi connectivity index (χ4n) is 3.00. The summed E-state index contributed by atoms with van der Waals surface area (Å²) in [5.74, 6) is -2.33. The zero-order chi connectivity index (χ0) is 21.2. The summed E-state index contributed by atoms with van der Waals surface area (Å²) in [5.41, 5.74) is 0.562. The van der Waals surface area contributed by atoms with Gasteiger partial charge in [-0.15, -0.1) is 0 Å². The van der Waals surface area contributed by atoms with Gasteiger partial charge in [-0.1, -0.05) is 30.3 Å². The lowest BCUT2D eigenvalue weighted by molar-refractivity contribution is -0.146. The molecular weight excluding hydrogens is 372 g/mol. The van der Waals surface area contributed by atoms with E-state index in [4.69, 9.17) is 5.11 Å². The van der Waals surface area contributed by atoms with Crippen LogP contribution in [0, 0.1) is 5.41 Å². The van der Waals surface area contributed by atoms with Crippen LogP contribution in [0.3, 0.4) is 0 Å². The average molecular weight is 394 g/mol. The topological polar surface area (TPSA) is 104 Å². The van der Waals surface area contributed by atoms with Crippen molar-refractivity contribution in [2.24, 2.45) is 5.41 Å². The molecule has 2 N–H and O–H groups in total. The highest BCUT2D eigenvalue weighted by molar-refractivity contribution is 6.22. The maximum Gasteiger partial charge on any atom is 0.310 e. The molecule has 0 bridgehead atoms. The van der Waals surface area contributed by atoms with Gasteiger partial charge >= 0.3 is 5.97 Å². The molecule has 0 radical (unpaired) electrons. The maximum absolute atomic E-state index is 12.7. The smallest absolute Gasteiger partial charge is 0.310 e. The Bertz CT molecular complexity index is 982. The zero-order valence-electron chi connectivity index (χ0n) is 16.3. The van der Waals surface area contributed by atoms with Crippen molar-refractivity contribution in [1.29, 1.82) is 0 Å². The normalized spacial score (nSPS) is 13.4. The molecule has 0 aromatic heterocycles.